The molecule has 1 aliphatic heterocycles. The van der Waals surface area contributed by atoms with E-state index in [9.17, 15) is 14.4 Å². The number of aromatic nitrogens is 4. The van der Waals surface area contributed by atoms with E-state index in [0.717, 1.165) is 0 Å². The van der Waals surface area contributed by atoms with Crippen LogP contribution in [0.4, 0.5) is 5.95 Å². The Morgan fingerprint density at radius 3 is 2.70 bits per heavy atom. The van der Waals surface area contributed by atoms with Crippen molar-refractivity contribution in [3.63, 3.8) is 0 Å². The zero-order valence-corrected chi connectivity index (χ0v) is 12.6. The Bertz CT molecular complexity index is 858. The third-order valence-electron chi connectivity index (χ3n) is 3.83. The second-order valence-electron chi connectivity index (χ2n) is 5.30. The number of nitrogens with zero attached hydrogens (tertiary/aromatic N) is 4. The fourth-order valence-electron chi connectivity index (χ4n) is 2.65. The number of imidazole rings is 1. The van der Waals surface area contributed by atoms with Gasteiger partial charge in [-0.1, -0.05) is 0 Å². The summed E-state index contributed by atoms with van der Waals surface area (Å²) in [5.74, 6) is -0.489. The Balaban J connectivity index is 2.20. The highest BCUT2D eigenvalue weighted by molar-refractivity contribution is 5.75. The van der Waals surface area contributed by atoms with Crippen LogP contribution in [0.2, 0.25) is 0 Å². The summed E-state index contributed by atoms with van der Waals surface area (Å²) >= 11 is 0. The van der Waals surface area contributed by atoms with Gasteiger partial charge in [0, 0.05) is 26.7 Å². The number of carboxylic acid groups (broad SMARTS) is 1. The third-order valence-corrected chi connectivity index (χ3v) is 3.83. The van der Waals surface area contributed by atoms with Crippen molar-refractivity contribution in [1.29, 1.82) is 0 Å². The molecule has 10 heteroatoms. The lowest BCUT2D eigenvalue weighted by molar-refractivity contribution is -0.137. The molecule has 0 spiro atoms. The summed E-state index contributed by atoms with van der Waals surface area (Å²) in [7, 11) is 1.51. The van der Waals surface area contributed by atoms with Gasteiger partial charge in [-0.25, -0.2) is 4.79 Å². The summed E-state index contributed by atoms with van der Waals surface area (Å²) < 4.78 is 8.11. The van der Waals surface area contributed by atoms with Crippen molar-refractivity contribution < 1.29 is 14.6 Å². The standard InChI is InChI=1S/C13H17N5O5/c1-16-10-9(11(21)15-13(16)22)18(3-2-8(19)20)12(14-10)17-4-6-23-7-5-17/h2-7H2,1H3,(H,19,20)(H,15,21,22). The van der Waals surface area contributed by atoms with Gasteiger partial charge in [-0.2, -0.15) is 4.98 Å². The molecule has 0 amide bonds. The smallest absolute Gasteiger partial charge is 0.329 e. The topological polar surface area (TPSA) is 122 Å². The SMILES string of the molecule is Cn1c(=O)[nH]c(=O)c2c1nc(N1CCOCC1)n2CCC(=O)O. The number of carboxylic acids is 1. The van der Waals surface area contributed by atoms with E-state index in [0.29, 0.717) is 32.3 Å². The van der Waals surface area contributed by atoms with Crippen LogP contribution in [0, 0.1) is 0 Å². The summed E-state index contributed by atoms with van der Waals surface area (Å²) in [6.07, 6.45) is -0.148. The van der Waals surface area contributed by atoms with Crippen LogP contribution in [0.15, 0.2) is 9.59 Å². The van der Waals surface area contributed by atoms with Crippen molar-refractivity contribution in [2.24, 2.45) is 7.05 Å². The number of aryl methyl sites for hydroxylation is 2. The predicted octanol–water partition coefficient (Wildman–Crippen LogP) is -1.27. The number of nitrogens with one attached hydrogen (secondary N) is 1. The molecule has 0 aliphatic carbocycles. The molecule has 2 N–H and O–H groups in total. The minimum atomic E-state index is -0.971. The molecule has 0 bridgehead atoms. The molecular formula is C13H17N5O5. The van der Waals surface area contributed by atoms with Crippen molar-refractivity contribution >= 4 is 23.1 Å². The van der Waals surface area contributed by atoms with Crippen LogP contribution in [0.25, 0.3) is 11.2 Å². The van der Waals surface area contributed by atoms with Crippen LogP contribution in [0.1, 0.15) is 6.42 Å². The molecule has 23 heavy (non-hydrogen) atoms. The zero-order chi connectivity index (χ0) is 16.6. The average molecular weight is 323 g/mol. The maximum absolute atomic E-state index is 12.2. The summed E-state index contributed by atoms with van der Waals surface area (Å²) in [6, 6.07) is 0. The first-order valence-corrected chi connectivity index (χ1v) is 7.23. The first-order chi connectivity index (χ1) is 11.0. The fraction of sp³-hybridized carbons (Fsp3) is 0.538. The van der Waals surface area contributed by atoms with Gasteiger partial charge < -0.3 is 19.3 Å². The van der Waals surface area contributed by atoms with Gasteiger partial charge in [0.1, 0.15) is 0 Å². The molecule has 1 fully saturated rings. The molecular weight excluding hydrogens is 306 g/mol. The minimum absolute atomic E-state index is 0.0970. The molecule has 3 heterocycles. The highest BCUT2D eigenvalue weighted by Crippen LogP contribution is 2.20. The zero-order valence-electron chi connectivity index (χ0n) is 12.6. The van der Waals surface area contributed by atoms with Crippen molar-refractivity contribution in [3.8, 4) is 0 Å². The van der Waals surface area contributed by atoms with E-state index in [1.807, 2.05) is 4.90 Å². The van der Waals surface area contributed by atoms with Gasteiger partial charge in [-0.3, -0.25) is 19.1 Å². The van der Waals surface area contributed by atoms with Gasteiger partial charge >= 0.3 is 11.7 Å². The number of carbonyl (C=O) groups is 1. The number of ether oxygens (including phenoxy) is 1. The number of H-pyrrole nitrogens is 1. The molecule has 1 saturated heterocycles. The number of morpholine rings is 1. The molecule has 1 aliphatic rings. The van der Waals surface area contributed by atoms with Crippen LogP contribution in [-0.2, 0) is 23.1 Å². The van der Waals surface area contributed by atoms with Crippen LogP contribution in [0.5, 0.6) is 0 Å². The average Bonchev–Trinajstić information content (AvgIpc) is 2.91. The molecule has 3 rings (SSSR count). The lowest BCUT2D eigenvalue weighted by Gasteiger charge is -2.28. The van der Waals surface area contributed by atoms with Gasteiger partial charge in [0.15, 0.2) is 11.2 Å². The van der Waals surface area contributed by atoms with E-state index < -0.39 is 17.2 Å². The monoisotopic (exact) mass is 323 g/mol. The van der Waals surface area contributed by atoms with Crippen LogP contribution in [0.3, 0.4) is 0 Å². The lowest BCUT2D eigenvalue weighted by Crippen LogP contribution is -2.38. The highest BCUT2D eigenvalue weighted by atomic mass is 16.5. The predicted molar refractivity (Wildman–Crippen MR) is 80.9 cm³/mol. The maximum atomic E-state index is 12.2. The third kappa shape index (κ3) is 2.72. The second kappa shape index (κ2) is 5.88. The molecule has 2 aromatic heterocycles. The molecule has 0 unspecified atom stereocenters. The van der Waals surface area contributed by atoms with E-state index in [1.54, 1.807) is 4.57 Å². The molecule has 0 saturated carbocycles. The van der Waals surface area contributed by atoms with E-state index in [-0.39, 0.29) is 24.1 Å². The minimum Gasteiger partial charge on any atom is -0.481 e. The van der Waals surface area contributed by atoms with Crippen molar-refractivity contribution in [2.75, 3.05) is 31.2 Å². The summed E-state index contributed by atoms with van der Waals surface area (Å²) in [5.41, 5.74) is -0.681. The normalized spacial score (nSPS) is 15.3. The lowest BCUT2D eigenvalue weighted by atomic mass is 10.4. The number of aliphatic carboxylic acids is 1. The number of aromatic amines is 1. The van der Waals surface area contributed by atoms with Crippen molar-refractivity contribution in [3.05, 3.63) is 20.8 Å². The van der Waals surface area contributed by atoms with E-state index in [2.05, 4.69) is 9.97 Å². The summed E-state index contributed by atoms with van der Waals surface area (Å²) in [5, 5.41) is 8.95. The first kappa shape index (κ1) is 15.3. The number of rotatable bonds is 4. The fourth-order valence-corrected chi connectivity index (χ4v) is 2.65. The van der Waals surface area contributed by atoms with Crippen LogP contribution >= 0.6 is 0 Å². The number of hydrogen-bond donors (Lipinski definition) is 2. The molecule has 10 nitrogen and oxygen atoms in total. The van der Waals surface area contributed by atoms with Gasteiger partial charge in [0.2, 0.25) is 5.95 Å². The Kier molecular flexibility index (Phi) is 3.90. The van der Waals surface area contributed by atoms with E-state index in [1.165, 1.54) is 11.6 Å². The highest BCUT2D eigenvalue weighted by Gasteiger charge is 2.23. The second-order valence-corrected chi connectivity index (χ2v) is 5.30. The molecule has 2 aromatic rings. The van der Waals surface area contributed by atoms with Gasteiger partial charge in [-0.05, 0) is 0 Å². The Labute approximate surface area is 129 Å². The van der Waals surface area contributed by atoms with Gasteiger partial charge in [0.05, 0.1) is 19.6 Å². The molecule has 0 atom stereocenters. The quantitative estimate of drug-likeness (QED) is 0.719. The van der Waals surface area contributed by atoms with Crippen molar-refractivity contribution in [2.45, 2.75) is 13.0 Å². The van der Waals surface area contributed by atoms with E-state index >= 15 is 0 Å². The Morgan fingerprint density at radius 1 is 1.35 bits per heavy atom. The number of anilines is 1. The Hall–Kier alpha value is -2.62. The van der Waals surface area contributed by atoms with Gasteiger partial charge in [0.25, 0.3) is 5.56 Å². The summed E-state index contributed by atoms with van der Waals surface area (Å²) in [4.78, 5) is 43.4. The number of fused-ring (bicyclic) bond motifs is 1. The molecule has 0 radical (unpaired) electrons. The van der Waals surface area contributed by atoms with Crippen molar-refractivity contribution in [1.82, 2.24) is 19.1 Å². The largest absolute Gasteiger partial charge is 0.481 e. The van der Waals surface area contributed by atoms with Crippen LogP contribution < -0.4 is 16.1 Å². The summed E-state index contributed by atoms with van der Waals surface area (Å²) in [6.45, 7) is 2.32. The Morgan fingerprint density at radius 2 is 2.04 bits per heavy atom. The molecule has 0 aromatic carbocycles. The molecule has 124 valence electrons. The number of hydrogen-bond acceptors (Lipinski definition) is 6. The van der Waals surface area contributed by atoms with Gasteiger partial charge in [-0.15, -0.1) is 0 Å². The van der Waals surface area contributed by atoms with Crippen LogP contribution in [-0.4, -0.2) is 56.5 Å². The maximum Gasteiger partial charge on any atom is 0.329 e. The first-order valence-electron chi connectivity index (χ1n) is 7.23. The van der Waals surface area contributed by atoms with E-state index in [4.69, 9.17) is 9.84 Å².